The van der Waals surface area contributed by atoms with Crippen LogP contribution in [0.25, 0.3) is 42.4 Å². The van der Waals surface area contributed by atoms with Crippen LogP contribution in [0, 0.1) is 0 Å². The maximum atomic E-state index is 6.43. The molecule has 0 fully saturated rings. The Morgan fingerprint density at radius 2 is 1.23 bits per heavy atom. The SMILES string of the molecule is Clc1cccc2sc3cc(-c4cccc(-c5ccccc5)c4)ccc3c12. The van der Waals surface area contributed by atoms with E-state index in [0.29, 0.717) is 0 Å². The molecule has 0 radical (unpaired) electrons. The van der Waals surface area contributed by atoms with Gasteiger partial charge in [-0.1, -0.05) is 78.3 Å². The predicted molar refractivity (Wildman–Crippen MR) is 115 cm³/mol. The van der Waals surface area contributed by atoms with Crippen LogP contribution in [0.4, 0.5) is 0 Å². The van der Waals surface area contributed by atoms with Crippen LogP contribution < -0.4 is 0 Å². The van der Waals surface area contributed by atoms with Crippen LogP contribution in [-0.2, 0) is 0 Å². The van der Waals surface area contributed by atoms with E-state index in [1.54, 1.807) is 11.3 Å². The van der Waals surface area contributed by atoms with Crippen molar-refractivity contribution >= 4 is 43.1 Å². The second-order valence-electron chi connectivity index (χ2n) is 6.37. The van der Waals surface area contributed by atoms with Crippen molar-refractivity contribution < 1.29 is 0 Å². The number of rotatable bonds is 2. The Labute approximate surface area is 161 Å². The quantitative estimate of drug-likeness (QED) is 0.295. The van der Waals surface area contributed by atoms with Gasteiger partial charge >= 0.3 is 0 Å². The monoisotopic (exact) mass is 370 g/mol. The van der Waals surface area contributed by atoms with E-state index in [9.17, 15) is 0 Å². The zero-order valence-electron chi connectivity index (χ0n) is 13.9. The second-order valence-corrected chi connectivity index (χ2v) is 7.86. The van der Waals surface area contributed by atoms with Crippen molar-refractivity contribution in [3.8, 4) is 22.3 Å². The van der Waals surface area contributed by atoms with Crippen LogP contribution in [0.15, 0.2) is 91.0 Å². The maximum absolute atomic E-state index is 6.43. The fourth-order valence-electron chi connectivity index (χ4n) is 3.47. The number of hydrogen-bond donors (Lipinski definition) is 0. The summed E-state index contributed by atoms with van der Waals surface area (Å²) in [6, 6.07) is 32.0. The van der Waals surface area contributed by atoms with Gasteiger partial charge < -0.3 is 0 Å². The Morgan fingerprint density at radius 1 is 0.538 bits per heavy atom. The van der Waals surface area contributed by atoms with Crippen LogP contribution in [0.5, 0.6) is 0 Å². The third-order valence-electron chi connectivity index (χ3n) is 4.75. The zero-order chi connectivity index (χ0) is 17.5. The molecule has 1 aromatic heterocycles. The largest absolute Gasteiger partial charge is 0.135 e. The minimum Gasteiger partial charge on any atom is -0.135 e. The lowest BCUT2D eigenvalue weighted by atomic mass is 9.98. The normalized spacial score (nSPS) is 11.3. The number of hydrogen-bond acceptors (Lipinski definition) is 1. The molecule has 4 aromatic carbocycles. The molecular weight excluding hydrogens is 356 g/mol. The third kappa shape index (κ3) is 2.61. The van der Waals surface area contributed by atoms with Gasteiger partial charge in [-0.3, -0.25) is 0 Å². The molecule has 0 atom stereocenters. The number of fused-ring (bicyclic) bond motifs is 3. The number of benzene rings is 4. The first kappa shape index (κ1) is 15.6. The van der Waals surface area contributed by atoms with Gasteiger partial charge in [-0.2, -0.15) is 0 Å². The number of thiophene rings is 1. The summed E-state index contributed by atoms with van der Waals surface area (Å²) in [5.41, 5.74) is 4.95. The minimum absolute atomic E-state index is 0.826. The van der Waals surface area contributed by atoms with E-state index in [-0.39, 0.29) is 0 Å². The van der Waals surface area contributed by atoms with E-state index in [4.69, 9.17) is 11.6 Å². The van der Waals surface area contributed by atoms with Crippen LogP contribution in [-0.4, -0.2) is 0 Å². The van der Waals surface area contributed by atoms with E-state index < -0.39 is 0 Å². The summed E-state index contributed by atoms with van der Waals surface area (Å²) in [5.74, 6) is 0. The van der Waals surface area contributed by atoms with Gasteiger partial charge in [-0.25, -0.2) is 0 Å². The molecule has 0 saturated heterocycles. The van der Waals surface area contributed by atoms with Gasteiger partial charge in [0.25, 0.3) is 0 Å². The molecule has 0 spiro atoms. The highest BCUT2D eigenvalue weighted by Gasteiger charge is 2.09. The second kappa shape index (κ2) is 6.28. The summed E-state index contributed by atoms with van der Waals surface area (Å²) in [6.45, 7) is 0. The van der Waals surface area contributed by atoms with Crippen molar-refractivity contribution in [1.29, 1.82) is 0 Å². The third-order valence-corrected chi connectivity index (χ3v) is 6.18. The highest BCUT2D eigenvalue weighted by atomic mass is 35.5. The van der Waals surface area contributed by atoms with Gasteiger partial charge in [-0.15, -0.1) is 11.3 Å². The summed E-state index contributed by atoms with van der Waals surface area (Å²) in [5, 5.41) is 3.23. The highest BCUT2D eigenvalue weighted by Crippen LogP contribution is 2.39. The molecule has 1 heterocycles. The molecular formula is C24H15ClS. The first-order valence-corrected chi connectivity index (χ1v) is 9.76. The summed E-state index contributed by atoms with van der Waals surface area (Å²) < 4.78 is 2.51. The van der Waals surface area contributed by atoms with Gasteiger partial charge in [0.1, 0.15) is 0 Å². The van der Waals surface area contributed by atoms with Crippen LogP contribution in [0.3, 0.4) is 0 Å². The number of halogens is 1. The van der Waals surface area contributed by atoms with E-state index in [0.717, 1.165) is 5.02 Å². The Kier molecular flexibility index (Phi) is 3.77. The smallest absolute Gasteiger partial charge is 0.0499 e. The summed E-state index contributed by atoms with van der Waals surface area (Å²) >= 11 is 8.23. The molecule has 5 rings (SSSR count). The fraction of sp³-hybridized carbons (Fsp3) is 0. The molecule has 0 amide bonds. The first-order valence-electron chi connectivity index (χ1n) is 8.56. The topological polar surface area (TPSA) is 0 Å². The lowest BCUT2D eigenvalue weighted by molar-refractivity contribution is 1.60. The van der Waals surface area contributed by atoms with Crippen LogP contribution >= 0.6 is 22.9 Å². The van der Waals surface area contributed by atoms with Crippen molar-refractivity contribution in [2.24, 2.45) is 0 Å². The van der Waals surface area contributed by atoms with E-state index in [2.05, 4.69) is 72.8 Å². The van der Waals surface area contributed by atoms with Gasteiger partial charge in [-0.05, 0) is 46.5 Å². The van der Waals surface area contributed by atoms with Gasteiger partial charge in [0, 0.05) is 25.2 Å². The zero-order valence-corrected chi connectivity index (χ0v) is 15.5. The molecule has 0 aliphatic heterocycles. The van der Waals surface area contributed by atoms with E-state index in [1.807, 2.05) is 18.2 Å². The lowest BCUT2D eigenvalue weighted by Crippen LogP contribution is -1.81. The van der Waals surface area contributed by atoms with Crippen LogP contribution in [0.1, 0.15) is 0 Å². The molecule has 0 N–H and O–H groups in total. The molecule has 124 valence electrons. The van der Waals surface area contributed by atoms with Crippen LogP contribution in [0.2, 0.25) is 5.02 Å². The average molecular weight is 371 g/mol. The molecule has 0 bridgehead atoms. The molecule has 0 unspecified atom stereocenters. The maximum Gasteiger partial charge on any atom is 0.0499 e. The average Bonchev–Trinajstić information content (AvgIpc) is 3.08. The van der Waals surface area contributed by atoms with Crippen molar-refractivity contribution in [2.75, 3.05) is 0 Å². The highest BCUT2D eigenvalue weighted by molar-refractivity contribution is 7.26. The van der Waals surface area contributed by atoms with Gasteiger partial charge in [0.15, 0.2) is 0 Å². The molecule has 5 aromatic rings. The Hall–Kier alpha value is -2.61. The minimum atomic E-state index is 0.826. The fourth-order valence-corrected chi connectivity index (χ4v) is 4.97. The summed E-state index contributed by atoms with van der Waals surface area (Å²) in [6.07, 6.45) is 0. The van der Waals surface area contributed by atoms with Crippen molar-refractivity contribution in [2.45, 2.75) is 0 Å². The van der Waals surface area contributed by atoms with E-state index in [1.165, 1.54) is 42.4 Å². The van der Waals surface area contributed by atoms with E-state index >= 15 is 0 Å². The van der Waals surface area contributed by atoms with Crippen molar-refractivity contribution in [3.05, 3.63) is 96.0 Å². The van der Waals surface area contributed by atoms with Gasteiger partial charge in [0.05, 0.1) is 0 Å². The molecule has 0 aliphatic carbocycles. The summed E-state index contributed by atoms with van der Waals surface area (Å²) in [7, 11) is 0. The Morgan fingerprint density at radius 3 is 2.08 bits per heavy atom. The lowest BCUT2D eigenvalue weighted by Gasteiger charge is -2.06. The molecule has 2 heteroatoms. The molecule has 26 heavy (non-hydrogen) atoms. The first-order chi connectivity index (χ1) is 12.8. The summed E-state index contributed by atoms with van der Waals surface area (Å²) in [4.78, 5) is 0. The Bertz CT molecular complexity index is 1240. The Balaban J connectivity index is 1.66. The molecule has 0 aliphatic rings. The molecule has 0 nitrogen and oxygen atoms in total. The van der Waals surface area contributed by atoms with Crippen molar-refractivity contribution in [1.82, 2.24) is 0 Å². The van der Waals surface area contributed by atoms with Gasteiger partial charge in [0.2, 0.25) is 0 Å². The standard InChI is InChI=1S/C24H15ClS/c25-21-10-5-11-22-24(21)20-13-12-19(15-23(20)26-22)18-9-4-8-17(14-18)16-6-2-1-3-7-16/h1-15H. The molecule has 0 saturated carbocycles. The van der Waals surface area contributed by atoms with Crippen molar-refractivity contribution in [3.63, 3.8) is 0 Å². The predicted octanol–water partition coefficient (Wildman–Crippen LogP) is 8.04.